The smallest absolute Gasteiger partial charge is 0.236 e. The maximum atomic E-state index is 13.4. The van der Waals surface area contributed by atoms with Crippen LogP contribution >= 0.6 is 12.4 Å². The predicted molar refractivity (Wildman–Crippen MR) is 72.9 cm³/mol. The van der Waals surface area contributed by atoms with Crippen LogP contribution in [-0.2, 0) is 4.79 Å². The van der Waals surface area contributed by atoms with Crippen LogP contribution in [0.2, 0.25) is 0 Å². The van der Waals surface area contributed by atoms with Gasteiger partial charge in [0.25, 0.3) is 0 Å². The second kappa shape index (κ2) is 7.40. The van der Waals surface area contributed by atoms with Gasteiger partial charge in [0.1, 0.15) is 11.9 Å². The molecule has 0 radical (unpaired) electrons. The Hall–Kier alpha value is -1.40. The van der Waals surface area contributed by atoms with Crippen LogP contribution in [0.1, 0.15) is 12.8 Å². The number of nitrogens with two attached hydrogens (primary N) is 1. The van der Waals surface area contributed by atoms with Crippen molar-refractivity contribution in [3.05, 3.63) is 29.8 Å². The number of hydrogen-bond donors (Lipinski definition) is 1. The molecule has 0 spiro atoms. The van der Waals surface area contributed by atoms with Crippen molar-refractivity contribution in [3.8, 4) is 5.75 Å². The normalized spacial score (nSPS) is 15.7. The first kappa shape index (κ1) is 16.7. The van der Waals surface area contributed by atoms with Gasteiger partial charge in [-0.25, -0.2) is 8.78 Å². The van der Waals surface area contributed by atoms with Crippen molar-refractivity contribution in [3.63, 3.8) is 0 Å². The first-order valence-corrected chi connectivity index (χ1v) is 6.19. The SMILES string of the molecule is Cl.NCC(=O)N1CCC(Oc2cc(F)ccc2F)CC1. The van der Waals surface area contributed by atoms with Crippen LogP contribution in [0.15, 0.2) is 18.2 Å². The van der Waals surface area contributed by atoms with E-state index in [2.05, 4.69) is 0 Å². The first-order valence-electron chi connectivity index (χ1n) is 6.19. The second-order valence-corrected chi connectivity index (χ2v) is 4.48. The number of carbonyl (C=O) groups excluding carboxylic acids is 1. The number of piperidine rings is 1. The molecule has 112 valence electrons. The lowest BCUT2D eigenvalue weighted by molar-refractivity contribution is -0.131. The molecular formula is C13H17ClF2N2O2. The lowest BCUT2D eigenvalue weighted by atomic mass is 10.1. The van der Waals surface area contributed by atoms with Crippen LogP contribution in [0, 0.1) is 11.6 Å². The third kappa shape index (κ3) is 4.05. The highest BCUT2D eigenvalue weighted by molar-refractivity contribution is 5.85. The minimum absolute atomic E-state index is 0. The Morgan fingerprint density at radius 2 is 2.00 bits per heavy atom. The zero-order chi connectivity index (χ0) is 13.8. The molecule has 1 saturated heterocycles. The Kier molecular flexibility index (Phi) is 6.16. The lowest BCUT2D eigenvalue weighted by Crippen LogP contribution is -2.44. The van der Waals surface area contributed by atoms with Gasteiger partial charge in [0.05, 0.1) is 6.54 Å². The minimum Gasteiger partial charge on any atom is -0.487 e. The molecule has 0 atom stereocenters. The highest BCUT2D eigenvalue weighted by atomic mass is 35.5. The Labute approximate surface area is 122 Å². The fourth-order valence-corrected chi connectivity index (χ4v) is 2.10. The van der Waals surface area contributed by atoms with Crippen molar-refractivity contribution >= 4 is 18.3 Å². The van der Waals surface area contributed by atoms with E-state index in [1.165, 1.54) is 0 Å². The van der Waals surface area contributed by atoms with Crippen molar-refractivity contribution in [1.29, 1.82) is 0 Å². The van der Waals surface area contributed by atoms with E-state index in [1.807, 2.05) is 0 Å². The Bertz CT molecular complexity index is 466. The Morgan fingerprint density at radius 3 is 2.60 bits per heavy atom. The summed E-state index contributed by atoms with van der Waals surface area (Å²) in [6.45, 7) is 1.04. The number of halogens is 3. The summed E-state index contributed by atoms with van der Waals surface area (Å²) in [5.74, 6) is -1.30. The van der Waals surface area contributed by atoms with Crippen LogP contribution in [-0.4, -0.2) is 36.5 Å². The van der Waals surface area contributed by atoms with Gasteiger partial charge in [-0.15, -0.1) is 12.4 Å². The van der Waals surface area contributed by atoms with Crippen LogP contribution in [0.5, 0.6) is 5.75 Å². The Balaban J connectivity index is 0.00000200. The number of rotatable bonds is 3. The molecule has 0 saturated carbocycles. The summed E-state index contributed by atoms with van der Waals surface area (Å²) >= 11 is 0. The number of carbonyl (C=O) groups is 1. The van der Waals surface area contributed by atoms with Gasteiger partial charge in [0, 0.05) is 32.0 Å². The fourth-order valence-electron chi connectivity index (χ4n) is 2.10. The molecule has 1 aromatic rings. The summed E-state index contributed by atoms with van der Waals surface area (Å²) in [7, 11) is 0. The maximum absolute atomic E-state index is 13.4. The van der Waals surface area contributed by atoms with Crippen molar-refractivity contribution in [2.45, 2.75) is 18.9 Å². The summed E-state index contributed by atoms with van der Waals surface area (Å²) in [5.41, 5.74) is 5.28. The minimum atomic E-state index is -0.582. The van der Waals surface area contributed by atoms with Gasteiger partial charge in [0.15, 0.2) is 11.6 Å². The van der Waals surface area contributed by atoms with Crippen LogP contribution < -0.4 is 10.5 Å². The van der Waals surface area contributed by atoms with Gasteiger partial charge in [-0.3, -0.25) is 4.79 Å². The molecule has 2 N–H and O–H groups in total. The summed E-state index contributed by atoms with van der Waals surface area (Å²) < 4.78 is 31.9. The summed E-state index contributed by atoms with van der Waals surface area (Å²) in [5, 5.41) is 0. The average Bonchev–Trinajstić information content (AvgIpc) is 2.43. The number of benzene rings is 1. The van der Waals surface area contributed by atoms with Gasteiger partial charge >= 0.3 is 0 Å². The number of hydrogen-bond acceptors (Lipinski definition) is 3. The largest absolute Gasteiger partial charge is 0.487 e. The third-order valence-electron chi connectivity index (χ3n) is 3.16. The van der Waals surface area contributed by atoms with E-state index >= 15 is 0 Å². The molecule has 0 unspecified atom stereocenters. The third-order valence-corrected chi connectivity index (χ3v) is 3.16. The summed E-state index contributed by atoms with van der Waals surface area (Å²) in [4.78, 5) is 13.0. The maximum Gasteiger partial charge on any atom is 0.236 e. The first-order chi connectivity index (χ1) is 9.10. The van der Waals surface area contributed by atoms with Crippen molar-refractivity contribution < 1.29 is 18.3 Å². The van der Waals surface area contributed by atoms with Crippen molar-refractivity contribution in [2.75, 3.05) is 19.6 Å². The molecule has 0 aromatic heterocycles. The summed E-state index contributed by atoms with van der Waals surface area (Å²) in [6.07, 6.45) is 0.960. The second-order valence-electron chi connectivity index (χ2n) is 4.48. The monoisotopic (exact) mass is 306 g/mol. The van der Waals surface area contributed by atoms with E-state index in [-0.39, 0.29) is 36.7 Å². The molecule has 1 fully saturated rings. The topological polar surface area (TPSA) is 55.6 Å². The molecular weight excluding hydrogens is 290 g/mol. The van der Waals surface area contributed by atoms with Gasteiger partial charge in [-0.2, -0.15) is 0 Å². The summed E-state index contributed by atoms with van der Waals surface area (Å²) in [6, 6.07) is 3.12. The van der Waals surface area contributed by atoms with Crippen LogP contribution in [0.3, 0.4) is 0 Å². The quantitative estimate of drug-likeness (QED) is 0.925. The Morgan fingerprint density at radius 1 is 1.35 bits per heavy atom. The highest BCUT2D eigenvalue weighted by Crippen LogP contribution is 2.23. The van der Waals surface area contributed by atoms with E-state index in [9.17, 15) is 13.6 Å². The number of ether oxygens (including phenoxy) is 1. The van der Waals surface area contributed by atoms with Crippen LogP contribution in [0.4, 0.5) is 8.78 Å². The molecule has 0 aliphatic carbocycles. The standard InChI is InChI=1S/C13H16F2N2O2.ClH/c14-9-1-2-11(15)12(7-9)19-10-3-5-17(6-4-10)13(18)8-16;/h1-2,7,10H,3-6,8,16H2;1H. The fraction of sp³-hybridized carbons (Fsp3) is 0.462. The molecule has 4 nitrogen and oxygen atoms in total. The zero-order valence-electron chi connectivity index (χ0n) is 10.9. The molecule has 20 heavy (non-hydrogen) atoms. The van der Waals surface area contributed by atoms with E-state index in [4.69, 9.17) is 10.5 Å². The average molecular weight is 307 g/mol. The van der Waals surface area contributed by atoms with Crippen molar-refractivity contribution in [1.82, 2.24) is 4.90 Å². The van der Waals surface area contributed by atoms with Crippen LogP contribution in [0.25, 0.3) is 0 Å². The number of amides is 1. The molecule has 7 heteroatoms. The highest BCUT2D eigenvalue weighted by Gasteiger charge is 2.23. The lowest BCUT2D eigenvalue weighted by Gasteiger charge is -2.32. The van der Waals surface area contributed by atoms with Gasteiger partial charge in [-0.1, -0.05) is 0 Å². The van der Waals surface area contributed by atoms with E-state index in [1.54, 1.807) is 4.90 Å². The molecule has 1 aliphatic rings. The van der Waals surface area contributed by atoms with E-state index in [0.29, 0.717) is 25.9 Å². The van der Waals surface area contributed by atoms with E-state index in [0.717, 1.165) is 18.2 Å². The predicted octanol–water partition coefficient (Wildman–Crippen LogP) is 1.72. The van der Waals surface area contributed by atoms with Crippen molar-refractivity contribution in [2.24, 2.45) is 5.73 Å². The zero-order valence-corrected chi connectivity index (χ0v) is 11.7. The van der Waals surface area contributed by atoms with Gasteiger partial charge in [-0.05, 0) is 12.1 Å². The molecule has 1 aliphatic heterocycles. The van der Waals surface area contributed by atoms with Gasteiger partial charge in [0.2, 0.25) is 5.91 Å². The molecule has 1 heterocycles. The molecule has 0 bridgehead atoms. The van der Waals surface area contributed by atoms with Gasteiger partial charge < -0.3 is 15.4 Å². The van der Waals surface area contributed by atoms with E-state index < -0.39 is 11.6 Å². The number of likely N-dealkylation sites (tertiary alicyclic amines) is 1. The number of nitrogens with zero attached hydrogens (tertiary/aromatic N) is 1. The molecule has 1 aromatic carbocycles. The molecule has 1 amide bonds. The molecule has 2 rings (SSSR count).